The fourth-order valence-corrected chi connectivity index (χ4v) is 4.51. The van der Waals surface area contributed by atoms with Gasteiger partial charge in [-0.3, -0.25) is 0 Å². The molecule has 1 aliphatic carbocycles. The molecular formula is C14H20F2N2O2S. The van der Waals surface area contributed by atoms with Crippen LogP contribution >= 0.6 is 0 Å². The molecule has 0 saturated heterocycles. The lowest BCUT2D eigenvalue weighted by molar-refractivity contribution is 0.368. The molecule has 21 heavy (non-hydrogen) atoms. The third-order valence-corrected chi connectivity index (χ3v) is 5.85. The van der Waals surface area contributed by atoms with Crippen LogP contribution in [0.25, 0.3) is 0 Å². The van der Waals surface area contributed by atoms with E-state index in [1.54, 1.807) is 0 Å². The molecule has 2 rings (SSSR count). The van der Waals surface area contributed by atoms with Gasteiger partial charge in [-0.1, -0.05) is 20.3 Å². The van der Waals surface area contributed by atoms with Crippen molar-refractivity contribution in [2.75, 3.05) is 5.73 Å². The molecular weight excluding hydrogens is 298 g/mol. The van der Waals surface area contributed by atoms with Crippen LogP contribution in [0.2, 0.25) is 0 Å². The molecule has 0 spiro atoms. The Balaban J connectivity index is 2.28. The Morgan fingerprint density at radius 3 is 2.57 bits per heavy atom. The first-order valence-electron chi connectivity index (χ1n) is 7.03. The van der Waals surface area contributed by atoms with Gasteiger partial charge in [-0.15, -0.1) is 0 Å². The topological polar surface area (TPSA) is 72.2 Å². The van der Waals surface area contributed by atoms with E-state index in [-0.39, 0.29) is 17.6 Å². The van der Waals surface area contributed by atoms with E-state index in [1.165, 1.54) is 0 Å². The van der Waals surface area contributed by atoms with Crippen LogP contribution < -0.4 is 10.5 Å². The molecule has 0 bridgehead atoms. The van der Waals surface area contributed by atoms with Crippen LogP contribution in [-0.2, 0) is 10.0 Å². The predicted octanol–water partition coefficient (Wildman–Crippen LogP) is 2.65. The minimum atomic E-state index is -4.13. The quantitative estimate of drug-likeness (QED) is 0.838. The molecule has 1 saturated carbocycles. The van der Waals surface area contributed by atoms with Crippen LogP contribution in [-0.4, -0.2) is 14.5 Å². The fraction of sp³-hybridized carbons (Fsp3) is 0.571. The van der Waals surface area contributed by atoms with Crippen molar-refractivity contribution in [1.29, 1.82) is 0 Å². The van der Waals surface area contributed by atoms with Crippen LogP contribution in [0.15, 0.2) is 17.0 Å². The molecule has 7 heteroatoms. The van der Waals surface area contributed by atoms with Gasteiger partial charge in [0.05, 0.1) is 0 Å². The van der Waals surface area contributed by atoms with Crippen LogP contribution in [0.4, 0.5) is 14.5 Å². The number of sulfonamides is 1. The van der Waals surface area contributed by atoms with Gasteiger partial charge in [0.1, 0.15) is 4.90 Å². The fourth-order valence-electron chi connectivity index (χ4n) is 3.03. The summed E-state index contributed by atoms with van der Waals surface area (Å²) in [6.45, 7) is 4.04. The third kappa shape index (κ3) is 3.18. The van der Waals surface area contributed by atoms with Gasteiger partial charge in [0.2, 0.25) is 10.0 Å². The molecule has 0 radical (unpaired) electrons. The molecule has 0 amide bonds. The number of hydrogen-bond donors (Lipinski definition) is 2. The highest BCUT2D eigenvalue weighted by atomic mass is 32.2. The van der Waals surface area contributed by atoms with E-state index >= 15 is 0 Å². The van der Waals surface area contributed by atoms with Crippen LogP contribution in [0.3, 0.4) is 0 Å². The van der Waals surface area contributed by atoms with Gasteiger partial charge in [0.25, 0.3) is 0 Å². The zero-order chi connectivity index (χ0) is 15.8. The molecule has 0 heterocycles. The first-order valence-corrected chi connectivity index (χ1v) is 8.51. The number of hydrogen-bond acceptors (Lipinski definition) is 3. The van der Waals surface area contributed by atoms with Gasteiger partial charge in [-0.2, -0.15) is 0 Å². The van der Waals surface area contributed by atoms with Crippen molar-refractivity contribution in [3.8, 4) is 0 Å². The van der Waals surface area contributed by atoms with Crippen molar-refractivity contribution in [3.63, 3.8) is 0 Å². The van der Waals surface area contributed by atoms with Crippen molar-refractivity contribution < 1.29 is 17.2 Å². The molecule has 4 nitrogen and oxygen atoms in total. The summed E-state index contributed by atoms with van der Waals surface area (Å²) in [5, 5.41) is 0. The maximum atomic E-state index is 13.7. The normalized spacial score (nSPS) is 26.2. The molecule has 1 aromatic rings. The maximum absolute atomic E-state index is 13.7. The van der Waals surface area contributed by atoms with Gasteiger partial charge in [-0.05, 0) is 36.8 Å². The van der Waals surface area contributed by atoms with E-state index in [9.17, 15) is 17.2 Å². The molecule has 1 aromatic carbocycles. The van der Waals surface area contributed by atoms with Crippen LogP contribution in [0, 0.1) is 23.5 Å². The minimum absolute atomic E-state index is 0.125. The molecule has 1 aliphatic rings. The number of nitrogens with two attached hydrogens (primary N) is 1. The lowest BCUT2D eigenvalue weighted by Gasteiger charge is -2.21. The van der Waals surface area contributed by atoms with E-state index < -0.39 is 26.6 Å². The van der Waals surface area contributed by atoms with E-state index in [0.29, 0.717) is 12.3 Å². The molecule has 3 unspecified atom stereocenters. The summed E-state index contributed by atoms with van der Waals surface area (Å²) < 4.78 is 54.1. The maximum Gasteiger partial charge on any atom is 0.243 e. The molecule has 3 N–H and O–H groups in total. The summed E-state index contributed by atoms with van der Waals surface area (Å²) >= 11 is 0. The van der Waals surface area contributed by atoms with E-state index in [1.807, 2.05) is 6.92 Å². The summed E-state index contributed by atoms with van der Waals surface area (Å²) in [4.78, 5) is -0.729. The first-order chi connectivity index (χ1) is 9.76. The monoisotopic (exact) mass is 318 g/mol. The van der Waals surface area contributed by atoms with Gasteiger partial charge in [0.15, 0.2) is 11.6 Å². The summed E-state index contributed by atoms with van der Waals surface area (Å²) in [5.74, 6) is -2.05. The largest absolute Gasteiger partial charge is 0.399 e. The predicted molar refractivity (Wildman–Crippen MR) is 77.1 cm³/mol. The van der Waals surface area contributed by atoms with Gasteiger partial charge < -0.3 is 5.73 Å². The van der Waals surface area contributed by atoms with Crippen LogP contribution in [0.1, 0.15) is 33.1 Å². The average molecular weight is 318 g/mol. The number of halogens is 2. The number of nitrogens with one attached hydrogen (secondary N) is 1. The SMILES string of the molecule is CCC1CCC(NS(=O)(=O)c2cc(N)cc(F)c2F)C1C. The van der Waals surface area contributed by atoms with Crippen molar-refractivity contribution in [2.24, 2.45) is 11.8 Å². The average Bonchev–Trinajstić information content (AvgIpc) is 2.74. The van der Waals surface area contributed by atoms with Crippen molar-refractivity contribution >= 4 is 15.7 Å². The van der Waals surface area contributed by atoms with Crippen molar-refractivity contribution in [2.45, 2.75) is 44.0 Å². The molecule has 1 fully saturated rings. The Labute approximate surface area is 123 Å². The smallest absolute Gasteiger partial charge is 0.243 e. The Kier molecular flexibility index (Phi) is 4.53. The lowest BCUT2D eigenvalue weighted by Crippen LogP contribution is -2.38. The standard InChI is InChI=1S/C14H20F2N2O2S/c1-3-9-4-5-12(8(9)2)18-21(19,20)13-7-10(17)6-11(15)14(13)16/h6-9,12,18H,3-5,17H2,1-2H3. The number of nitrogen functional groups attached to an aromatic ring is 1. The second kappa shape index (κ2) is 5.88. The van der Waals surface area contributed by atoms with Crippen molar-refractivity contribution in [3.05, 3.63) is 23.8 Å². The summed E-state index contributed by atoms with van der Waals surface area (Å²) in [6, 6.07) is 1.45. The van der Waals surface area contributed by atoms with Gasteiger partial charge >= 0.3 is 0 Å². The molecule has 118 valence electrons. The summed E-state index contributed by atoms with van der Waals surface area (Å²) in [7, 11) is -4.13. The Morgan fingerprint density at radius 1 is 1.33 bits per heavy atom. The second-order valence-electron chi connectivity index (χ2n) is 5.65. The number of rotatable bonds is 4. The van der Waals surface area contributed by atoms with Gasteiger partial charge in [-0.25, -0.2) is 21.9 Å². The van der Waals surface area contributed by atoms with Crippen LogP contribution in [0.5, 0.6) is 0 Å². The lowest BCUT2D eigenvalue weighted by atomic mass is 9.94. The third-order valence-electron chi connectivity index (χ3n) is 4.36. The zero-order valence-electron chi connectivity index (χ0n) is 12.1. The van der Waals surface area contributed by atoms with Gasteiger partial charge in [0, 0.05) is 11.7 Å². The second-order valence-corrected chi connectivity index (χ2v) is 7.33. The highest BCUT2D eigenvalue weighted by molar-refractivity contribution is 7.89. The Hall–Kier alpha value is -1.21. The highest BCUT2D eigenvalue weighted by Crippen LogP contribution is 2.35. The molecule has 0 aromatic heterocycles. The Bertz CT molecular complexity index is 634. The summed E-state index contributed by atoms with van der Waals surface area (Å²) in [5.41, 5.74) is 5.28. The summed E-state index contributed by atoms with van der Waals surface area (Å²) in [6.07, 6.45) is 2.60. The number of anilines is 1. The van der Waals surface area contributed by atoms with E-state index in [0.717, 1.165) is 25.0 Å². The minimum Gasteiger partial charge on any atom is -0.399 e. The van der Waals surface area contributed by atoms with Crippen molar-refractivity contribution in [1.82, 2.24) is 4.72 Å². The van der Waals surface area contributed by atoms with E-state index in [2.05, 4.69) is 11.6 Å². The molecule has 3 atom stereocenters. The first kappa shape index (κ1) is 16.2. The highest BCUT2D eigenvalue weighted by Gasteiger charge is 2.35. The zero-order valence-corrected chi connectivity index (χ0v) is 12.9. The number of benzene rings is 1. The Morgan fingerprint density at radius 2 is 2.00 bits per heavy atom. The molecule has 0 aliphatic heterocycles. The van der Waals surface area contributed by atoms with E-state index in [4.69, 9.17) is 5.73 Å².